The molecule has 2 rings (SSSR count). The van der Waals surface area contributed by atoms with Gasteiger partial charge in [-0.2, -0.15) is 0 Å². The number of benzene rings is 1. The highest BCUT2D eigenvalue weighted by atomic mass is 16.1. The first-order valence-electron chi connectivity index (χ1n) is 7.29. The van der Waals surface area contributed by atoms with Gasteiger partial charge in [0.25, 0.3) is 5.91 Å². The fourth-order valence-electron chi connectivity index (χ4n) is 2.88. The molecule has 1 amide bonds. The molecule has 0 saturated carbocycles. The van der Waals surface area contributed by atoms with Crippen molar-refractivity contribution < 1.29 is 4.79 Å². The maximum absolute atomic E-state index is 12.5. The van der Waals surface area contributed by atoms with E-state index < -0.39 is 0 Å². The van der Waals surface area contributed by atoms with E-state index in [0.717, 1.165) is 36.3 Å². The highest BCUT2D eigenvalue weighted by Gasteiger charge is 2.26. The van der Waals surface area contributed by atoms with E-state index in [1.54, 1.807) is 0 Å². The summed E-state index contributed by atoms with van der Waals surface area (Å²) in [7, 11) is 3.98. The molecule has 1 aliphatic rings. The van der Waals surface area contributed by atoms with Crippen LogP contribution in [0.5, 0.6) is 0 Å². The van der Waals surface area contributed by atoms with Gasteiger partial charge in [-0.1, -0.05) is 13.0 Å². The highest BCUT2D eigenvalue weighted by Crippen LogP contribution is 2.20. The fraction of sp³-hybridized carbons (Fsp3) is 0.562. The van der Waals surface area contributed by atoms with Crippen LogP contribution < -0.4 is 10.6 Å². The van der Waals surface area contributed by atoms with Gasteiger partial charge in [0.1, 0.15) is 0 Å². The number of carbonyl (C=O) groups is 1. The molecule has 1 heterocycles. The Morgan fingerprint density at radius 3 is 2.80 bits per heavy atom. The average molecular weight is 275 g/mol. The number of aryl methyl sites for hydroxylation is 1. The summed E-state index contributed by atoms with van der Waals surface area (Å²) in [5.74, 6) is 0.511. The van der Waals surface area contributed by atoms with Gasteiger partial charge < -0.3 is 15.5 Å². The molecule has 1 aromatic carbocycles. The van der Waals surface area contributed by atoms with E-state index in [9.17, 15) is 4.79 Å². The van der Waals surface area contributed by atoms with E-state index in [1.807, 2.05) is 32.2 Å². The quantitative estimate of drug-likeness (QED) is 0.888. The first kappa shape index (κ1) is 14.9. The molecule has 2 unspecified atom stereocenters. The number of rotatable bonds is 3. The second kappa shape index (κ2) is 6.27. The Balaban J connectivity index is 2.08. The van der Waals surface area contributed by atoms with Crippen molar-refractivity contribution in [2.45, 2.75) is 26.3 Å². The molecule has 4 nitrogen and oxygen atoms in total. The number of hydrogen-bond donors (Lipinski definition) is 2. The summed E-state index contributed by atoms with van der Waals surface area (Å²) >= 11 is 0. The van der Waals surface area contributed by atoms with E-state index in [-0.39, 0.29) is 11.9 Å². The monoisotopic (exact) mass is 275 g/mol. The van der Waals surface area contributed by atoms with Crippen LogP contribution in [-0.2, 0) is 0 Å². The molecule has 0 bridgehead atoms. The van der Waals surface area contributed by atoms with Gasteiger partial charge in [0.05, 0.1) is 5.56 Å². The molecule has 1 aromatic rings. The smallest absolute Gasteiger partial charge is 0.253 e. The largest absolute Gasteiger partial charge is 0.387 e. The van der Waals surface area contributed by atoms with E-state index in [2.05, 4.69) is 29.5 Å². The van der Waals surface area contributed by atoms with Gasteiger partial charge in [-0.05, 0) is 50.6 Å². The van der Waals surface area contributed by atoms with Gasteiger partial charge in [0, 0.05) is 25.3 Å². The van der Waals surface area contributed by atoms with Gasteiger partial charge >= 0.3 is 0 Å². The van der Waals surface area contributed by atoms with E-state index >= 15 is 0 Å². The molecule has 0 aromatic heterocycles. The average Bonchev–Trinajstić information content (AvgIpc) is 2.41. The summed E-state index contributed by atoms with van der Waals surface area (Å²) in [6.07, 6.45) is 1.02. The molecule has 0 aliphatic carbocycles. The van der Waals surface area contributed by atoms with Gasteiger partial charge in [-0.25, -0.2) is 0 Å². The van der Waals surface area contributed by atoms with Crippen molar-refractivity contribution in [1.29, 1.82) is 0 Å². The van der Waals surface area contributed by atoms with Crippen LogP contribution in [0.1, 0.15) is 29.3 Å². The van der Waals surface area contributed by atoms with Crippen LogP contribution in [0.25, 0.3) is 0 Å². The Kier molecular flexibility index (Phi) is 4.65. The zero-order valence-electron chi connectivity index (χ0n) is 12.9. The molecule has 1 saturated heterocycles. The molecule has 1 aliphatic heterocycles. The van der Waals surface area contributed by atoms with E-state index in [0.29, 0.717) is 5.92 Å². The number of nitrogens with one attached hydrogen (secondary N) is 2. The van der Waals surface area contributed by atoms with Gasteiger partial charge in [-0.3, -0.25) is 4.79 Å². The minimum atomic E-state index is 0.0238. The summed E-state index contributed by atoms with van der Waals surface area (Å²) in [6.45, 7) is 6.32. The van der Waals surface area contributed by atoms with Crippen LogP contribution in [-0.4, -0.2) is 44.0 Å². The fourth-order valence-corrected chi connectivity index (χ4v) is 2.88. The molecule has 2 atom stereocenters. The van der Waals surface area contributed by atoms with Crippen molar-refractivity contribution in [2.75, 3.05) is 32.5 Å². The predicted molar refractivity (Wildman–Crippen MR) is 83.3 cm³/mol. The van der Waals surface area contributed by atoms with Crippen molar-refractivity contribution in [3.63, 3.8) is 0 Å². The lowest BCUT2D eigenvalue weighted by Crippen LogP contribution is -2.48. The molecule has 2 N–H and O–H groups in total. The minimum absolute atomic E-state index is 0.0238. The summed E-state index contributed by atoms with van der Waals surface area (Å²) in [5.41, 5.74) is 2.77. The van der Waals surface area contributed by atoms with Crippen molar-refractivity contribution >= 4 is 11.6 Å². The summed E-state index contributed by atoms with van der Waals surface area (Å²) < 4.78 is 0. The number of piperidine rings is 1. The van der Waals surface area contributed by atoms with Crippen molar-refractivity contribution in [1.82, 2.24) is 10.2 Å². The number of anilines is 1. The normalized spacial score (nSPS) is 23.4. The number of likely N-dealkylation sites (tertiary alicyclic amines) is 1. The number of nitrogens with zero attached hydrogens (tertiary/aromatic N) is 1. The first-order valence-corrected chi connectivity index (χ1v) is 7.29. The van der Waals surface area contributed by atoms with E-state index in [1.165, 1.54) is 0 Å². The Morgan fingerprint density at radius 1 is 1.40 bits per heavy atom. The molecule has 0 spiro atoms. The third-order valence-electron chi connectivity index (χ3n) is 4.11. The lowest BCUT2D eigenvalue weighted by molar-refractivity contribution is 0.0884. The molecular weight excluding hydrogens is 250 g/mol. The topological polar surface area (TPSA) is 44.4 Å². The third kappa shape index (κ3) is 3.31. The van der Waals surface area contributed by atoms with Crippen LogP contribution >= 0.6 is 0 Å². The Bertz CT molecular complexity index is 487. The molecule has 0 radical (unpaired) electrons. The summed E-state index contributed by atoms with van der Waals surface area (Å²) in [6, 6.07) is 6.15. The highest BCUT2D eigenvalue weighted by molar-refractivity contribution is 5.99. The van der Waals surface area contributed by atoms with Gasteiger partial charge in [-0.15, -0.1) is 0 Å². The Hall–Kier alpha value is -1.55. The molecule has 4 heteroatoms. The van der Waals surface area contributed by atoms with Crippen molar-refractivity contribution in [3.05, 3.63) is 29.3 Å². The van der Waals surface area contributed by atoms with Crippen LogP contribution in [0.2, 0.25) is 0 Å². The predicted octanol–water partition coefficient (Wildman–Crippen LogP) is 2.11. The minimum Gasteiger partial charge on any atom is -0.387 e. The number of carbonyl (C=O) groups excluding carboxylic acids is 1. The summed E-state index contributed by atoms with van der Waals surface area (Å²) in [5, 5.41) is 6.30. The summed E-state index contributed by atoms with van der Waals surface area (Å²) in [4.78, 5) is 14.8. The number of amides is 1. The lowest BCUT2D eigenvalue weighted by atomic mass is 9.94. The molecule has 110 valence electrons. The van der Waals surface area contributed by atoms with Crippen LogP contribution in [0.3, 0.4) is 0 Å². The maximum Gasteiger partial charge on any atom is 0.253 e. The van der Waals surface area contributed by atoms with Gasteiger partial charge in [0.15, 0.2) is 0 Å². The number of hydrogen-bond acceptors (Lipinski definition) is 3. The Morgan fingerprint density at radius 2 is 2.15 bits per heavy atom. The van der Waals surface area contributed by atoms with Crippen molar-refractivity contribution in [3.8, 4) is 0 Å². The van der Waals surface area contributed by atoms with E-state index in [4.69, 9.17) is 0 Å². The maximum atomic E-state index is 12.5. The molecular formula is C16H25N3O. The lowest BCUT2D eigenvalue weighted by Gasteiger charge is -2.35. The molecule has 1 fully saturated rings. The van der Waals surface area contributed by atoms with Crippen LogP contribution in [0.4, 0.5) is 5.69 Å². The van der Waals surface area contributed by atoms with Gasteiger partial charge in [0.2, 0.25) is 0 Å². The Labute approximate surface area is 121 Å². The SMILES string of the molecule is CNc1cc(C)ccc1C(=O)NC1CCN(C)CC1C. The zero-order chi connectivity index (χ0) is 14.7. The second-order valence-electron chi connectivity index (χ2n) is 5.91. The standard InChI is InChI=1S/C16H25N3O/c1-11-5-6-13(15(9-11)17-3)16(20)18-14-7-8-19(4)10-12(14)2/h5-6,9,12,14,17H,7-8,10H2,1-4H3,(H,18,20). The second-order valence-corrected chi connectivity index (χ2v) is 5.91. The van der Waals surface area contributed by atoms with Crippen LogP contribution in [0.15, 0.2) is 18.2 Å². The van der Waals surface area contributed by atoms with Crippen LogP contribution in [0, 0.1) is 12.8 Å². The first-order chi connectivity index (χ1) is 9.51. The van der Waals surface area contributed by atoms with Crippen molar-refractivity contribution in [2.24, 2.45) is 5.92 Å². The molecule has 20 heavy (non-hydrogen) atoms. The third-order valence-corrected chi connectivity index (χ3v) is 4.11. The zero-order valence-corrected chi connectivity index (χ0v) is 12.9.